The number of piperidine rings is 1. The minimum atomic E-state index is -0.371. The van der Waals surface area contributed by atoms with Crippen LogP contribution in [0.15, 0.2) is 48.7 Å². The molecule has 1 unspecified atom stereocenters. The molecule has 0 N–H and O–H groups in total. The molecule has 0 aliphatic carbocycles. The van der Waals surface area contributed by atoms with Gasteiger partial charge in [0, 0.05) is 37.3 Å². The number of amides is 1. The molecular formula is C23H26FN3O. The number of carbonyl (C=O) groups excluding carboxylic acids is 1. The lowest BCUT2D eigenvalue weighted by Crippen LogP contribution is -2.38. The summed E-state index contributed by atoms with van der Waals surface area (Å²) in [5.41, 5.74) is 3.24. The van der Waals surface area contributed by atoms with E-state index in [-0.39, 0.29) is 24.1 Å². The Labute approximate surface area is 165 Å². The summed E-state index contributed by atoms with van der Waals surface area (Å²) in [6, 6.07) is 12.7. The van der Waals surface area contributed by atoms with Crippen LogP contribution in [0.25, 0.3) is 5.65 Å². The number of halogens is 1. The normalized spacial score (nSPS) is 16.5. The van der Waals surface area contributed by atoms with Gasteiger partial charge in [-0.05, 0) is 49.4 Å². The zero-order chi connectivity index (χ0) is 19.7. The van der Waals surface area contributed by atoms with E-state index in [1.807, 2.05) is 40.5 Å². The maximum absolute atomic E-state index is 14.7. The van der Waals surface area contributed by atoms with Crippen molar-refractivity contribution in [2.45, 2.75) is 39.0 Å². The molecule has 0 saturated carbocycles. The molecular weight excluding hydrogens is 353 g/mol. The molecule has 3 aromatic rings. The molecule has 1 atom stereocenters. The maximum atomic E-state index is 14.7. The lowest BCUT2D eigenvalue weighted by Gasteiger charge is -2.31. The zero-order valence-corrected chi connectivity index (χ0v) is 16.4. The van der Waals surface area contributed by atoms with Crippen LogP contribution in [0.5, 0.6) is 0 Å². The quantitative estimate of drug-likeness (QED) is 0.666. The van der Waals surface area contributed by atoms with Crippen molar-refractivity contribution in [1.29, 1.82) is 0 Å². The molecule has 1 aliphatic heterocycles. The molecule has 2 aromatic heterocycles. The van der Waals surface area contributed by atoms with E-state index in [4.69, 9.17) is 0 Å². The van der Waals surface area contributed by atoms with Gasteiger partial charge in [-0.25, -0.2) is 9.37 Å². The van der Waals surface area contributed by atoms with E-state index in [0.717, 1.165) is 43.0 Å². The molecule has 0 spiro atoms. The predicted molar refractivity (Wildman–Crippen MR) is 108 cm³/mol. The second-order valence-electron chi connectivity index (χ2n) is 7.89. The van der Waals surface area contributed by atoms with Gasteiger partial charge in [0.25, 0.3) is 0 Å². The second kappa shape index (κ2) is 7.74. The van der Waals surface area contributed by atoms with E-state index in [2.05, 4.69) is 11.9 Å². The van der Waals surface area contributed by atoms with Crippen molar-refractivity contribution in [2.24, 2.45) is 5.92 Å². The molecule has 1 saturated heterocycles. The summed E-state index contributed by atoms with van der Waals surface area (Å²) in [6.45, 7) is 5.81. The number of carbonyl (C=O) groups is 1. The average Bonchev–Trinajstić information content (AvgIpc) is 3.12. The fourth-order valence-electron chi connectivity index (χ4n) is 4.17. The first-order chi connectivity index (χ1) is 13.5. The summed E-state index contributed by atoms with van der Waals surface area (Å²) >= 11 is 0. The van der Waals surface area contributed by atoms with Crippen LogP contribution in [-0.4, -0.2) is 33.3 Å². The molecule has 0 bridgehead atoms. The highest BCUT2D eigenvalue weighted by molar-refractivity contribution is 5.78. The van der Waals surface area contributed by atoms with E-state index < -0.39 is 0 Å². The Morgan fingerprint density at radius 3 is 2.68 bits per heavy atom. The third-order valence-corrected chi connectivity index (χ3v) is 5.90. The van der Waals surface area contributed by atoms with Crippen LogP contribution in [-0.2, 0) is 4.79 Å². The smallest absolute Gasteiger partial charge is 0.223 e. The van der Waals surface area contributed by atoms with Crippen molar-refractivity contribution in [1.82, 2.24) is 14.3 Å². The molecule has 1 aliphatic rings. The van der Waals surface area contributed by atoms with E-state index in [1.54, 1.807) is 18.3 Å². The van der Waals surface area contributed by atoms with Crippen LogP contribution in [0.4, 0.5) is 4.39 Å². The largest absolute Gasteiger partial charge is 0.343 e. The Hall–Kier alpha value is -2.69. The molecule has 1 aromatic carbocycles. The van der Waals surface area contributed by atoms with Gasteiger partial charge >= 0.3 is 0 Å². The minimum absolute atomic E-state index is 0.0867. The monoisotopic (exact) mass is 379 g/mol. The molecule has 1 fully saturated rings. The summed E-state index contributed by atoms with van der Waals surface area (Å²) in [7, 11) is 0. The third kappa shape index (κ3) is 3.53. The van der Waals surface area contributed by atoms with Crippen LogP contribution < -0.4 is 0 Å². The van der Waals surface area contributed by atoms with Gasteiger partial charge in [0.05, 0.1) is 5.69 Å². The Morgan fingerprint density at radius 2 is 1.93 bits per heavy atom. The van der Waals surface area contributed by atoms with E-state index in [1.165, 1.54) is 6.07 Å². The standard InChI is InChI=1S/C23H26FN3O/c1-16-10-12-26(13-11-16)23(28)14-19(18-7-3-4-8-20(18)24)21-15-25-22-9-5-6-17(2)27(21)22/h3-9,15-16,19H,10-14H2,1-2H3. The number of pyridine rings is 1. The second-order valence-corrected chi connectivity index (χ2v) is 7.89. The number of likely N-dealkylation sites (tertiary alicyclic amines) is 1. The maximum Gasteiger partial charge on any atom is 0.223 e. The lowest BCUT2D eigenvalue weighted by molar-refractivity contribution is -0.132. The van der Waals surface area contributed by atoms with Gasteiger partial charge in [0.15, 0.2) is 0 Å². The molecule has 1 amide bonds. The molecule has 28 heavy (non-hydrogen) atoms. The first-order valence-electron chi connectivity index (χ1n) is 9.99. The van der Waals surface area contributed by atoms with Crippen molar-refractivity contribution in [3.05, 3.63) is 71.4 Å². The van der Waals surface area contributed by atoms with Gasteiger partial charge in [0.2, 0.25) is 5.91 Å². The molecule has 5 heteroatoms. The molecule has 4 nitrogen and oxygen atoms in total. The number of nitrogens with zero attached hydrogens (tertiary/aromatic N) is 3. The topological polar surface area (TPSA) is 37.6 Å². The summed E-state index contributed by atoms with van der Waals surface area (Å²) in [4.78, 5) is 19.5. The first kappa shape index (κ1) is 18.7. The summed E-state index contributed by atoms with van der Waals surface area (Å²) in [5, 5.41) is 0. The Bertz CT molecular complexity index is 988. The van der Waals surface area contributed by atoms with Gasteiger partial charge in [-0.2, -0.15) is 0 Å². The van der Waals surface area contributed by atoms with E-state index in [9.17, 15) is 9.18 Å². The number of rotatable bonds is 4. The van der Waals surface area contributed by atoms with Crippen molar-refractivity contribution in [2.75, 3.05) is 13.1 Å². The van der Waals surface area contributed by atoms with Crippen LogP contribution in [0, 0.1) is 18.7 Å². The molecule has 4 rings (SSSR count). The number of hydrogen-bond donors (Lipinski definition) is 0. The van der Waals surface area contributed by atoms with E-state index in [0.29, 0.717) is 11.5 Å². The highest BCUT2D eigenvalue weighted by Gasteiger charge is 2.28. The average molecular weight is 379 g/mol. The van der Waals surface area contributed by atoms with Crippen LogP contribution >= 0.6 is 0 Å². The Kier molecular flexibility index (Phi) is 5.16. The van der Waals surface area contributed by atoms with Gasteiger partial charge in [0.1, 0.15) is 11.5 Å². The summed E-state index contributed by atoms with van der Waals surface area (Å²) in [6.07, 6.45) is 4.10. The van der Waals surface area contributed by atoms with Crippen LogP contribution in [0.3, 0.4) is 0 Å². The SMILES string of the molecule is Cc1cccc2ncc(C(CC(=O)N3CCC(C)CC3)c3ccccc3F)n12. The molecule has 146 valence electrons. The number of fused-ring (bicyclic) bond motifs is 1. The zero-order valence-electron chi connectivity index (χ0n) is 16.4. The third-order valence-electron chi connectivity index (χ3n) is 5.90. The van der Waals surface area contributed by atoms with E-state index >= 15 is 0 Å². The van der Waals surface area contributed by atoms with Crippen LogP contribution in [0.1, 0.15) is 49.1 Å². The fourth-order valence-corrected chi connectivity index (χ4v) is 4.17. The van der Waals surface area contributed by atoms with Gasteiger partial charge in [-0.1, -0.05) is 31.2 Å². The fraction of sp³-hybridized carbons (Fsp3) is 0.391. The molecule has 0 radical (unpaired) electrons. The Morgan fingerprint density at radius 1 is 1.18 bits per heavy atom. The van der Waals surface area contributed by atoms with Crippen molar-refractivity contribution in [3.63, 3.8) is 0 Å². The number of aryl methyl sites for hydroxylation is 1. The lowest BCUT2D eigenvalue weighted by atomic mass is 9.90. The van der Waals surface area contributed by atoms with Crippen molar-refractivity contribution >= 4 is 11.6 Å². The number of hydrogen-bond acceptors (Lipinski definition) is 2. The van der Waals surface area contributed by atoms with Gasteiger partial charge in [-0.3, -0.25) is 4.79 Å². The number of imidazole rings is 1. The minimum Gasteiger partial charge on any atom is -0.343 e. The number of aromatic nitrogens is 2. The van der Waals surface area contributed by atoms with Crippen molar-refractivity contribution < 1.29 is 9.18 Å². The highest BCUT2D eigenvalue weighted by atomic mass is 19.1. The van der Waals surface area contributed by atoms with Crippen LogP contribution in [0.2, 0.25) is 0 Å². The summed E-state index contributed by atoms with van der Waals surface area (Å²) < 4.78 is 16.8. The summed E-state index contributed by atoms with van der Waals surface area (Å²) in [5.74, 6) is 0.0942. The highest BCUT2D eigenvalue weighted by Crippen LogP contribution is 2.32. The van der Waals surface area contributed by atoms with Gasteiger partial charge < -0.3 is 9.30 Å². The van der Waals surface area contributed by atoms with Crippen molar-refractivity contribution in [3.8, 4) is 0 Å². The number of benzene rings is 1. The predicted octanol–water partition coefficient (Wildman–Crippen LogP) is 4.56. The first-order valence-corrected chi connectivity index (χ1v) is 9.99. The molecule has 3 heterocycles. The Balaban J connectivity index is 1.73. The van der Waals surface area contributed by atoms with Gasteiger partial charge in [-0.15, -0.1) is 0 Å².